The summed E-state index contributed by atoms with van der Waals surface area (Å²) < 4.78 is 12.4. The predicted octanol–water partition coefficient (Wildman–Crippen LogP) is 1.76. The monoisotopic (exact) mass is 171 g/mol. The van der Waals surface area contributed by atoms with E-state index in [9.17, 15) is 4.39 Å². The van der Waals surface area contributed by atoms with Crippen LogP contribution in [0.1, 0.15) is 11.6 Å². The van der Waals surface area contributed by atoms with E-state index in [1.165, 1.54) is 12.1 Å². The van der Waals surface area contributed by atoms with Crippen molar-refractivity contribution in [1.29, 1.82) is 0 Å². The molecule has 0 aliphatic carbocycles. The first kappa shape index (κ1) is 8.56. The summed E-state index contributed by atoms with van der Waals surface area (Å²) in [5.41, 5.74) is 6.56. The lowest BCUT2D eigenvalue weighted by Gasteiger charge is -2.07. The highest BCUT2D eigenvalue weighted by molar-refractivity contribution is 7.80. The van der Waals surface area contributed by atoms with Gasteiger partial charge in [-0.2, -0.15) is 12.6 Å². The minimum Gasteiger partial charge on any atom is -0.323 e. The maximum atomic E-state index is 12.4. The van der Waals surface area contributed by atoms with Crippen LogP contribution in [0.5, 0.6) is 0 Å². The van der Waals surface area contributed by atoms with E-state index < -0.39 is 0 Å². The van der Waals surface area contributed by atoms with Crippen molar-refractivity contribution >= 4 is 12.6 Å². The molecule has 60 valence electrons. The molecular weight excluding hydrogens is 161 g/mol. The van der Waals surface area contributed by atoms with Crippen molar-refractivity contribution in [3.8, 4) is 0 Å². The van der Waals surface area contributed by atoms with Crippen LogP contribution in [-0.4, -0.2) is 5.75 Å². The second kappa shape index (κ2) is 3.74. The molecule has 0 radical (unpaired) electrons. The van der Waals surface area contributed by atoms with E-state index in [4.69, 9.17) is 5.73 Å². The van der Waals surface area contributed by atoms with Gasteiger partial charge in [-0.1, -0.05) is 12.1 Å². The van der Waals surface area contributed by atoms with Gasteiger partial charge >= 0.3 is 0 Å². The molecule has 0 amide bonds. The highest BCUT2D eigenvalue weighted by Crippen LogP contribution is 2.11. The van der Waals surface area contributed by atoms with Crippen LogP contribution in [0.15, 0.2) is 24.3 Å². The molecule has 0 aliphatic heterocycles. The van der Waals surface area contributed by atoms with Crippen molar-refractivity contribution in [3.63, 3.8) is 0 Å². The molecule has 0 spiro atoms. The Morgan fingerprint density at radius 2 is 1.91 bits per heavy atom. The average molecular weight is 171 g/mol. The van der Waals surface area contributed by atoms with Crippen molar-refractivity contribution in [1.82, 2.24) is 0 Å². The van der Waals surface area contributed by atoms with Gasteiger partial charge in [-0.25, -0.2) is 4.39 Å². The molecule has 1 aromatic carbocycles. The van der Waals surface area contributed by atoms with E-state index in [2.05, 4.69) is 12.6 Å². The molecule has 0 aliphatic rings. The Bertz CT molecular complexity index is 222. The van der Waals surface area contributed by atoms with E-state index in [-0.39, 0.29) is 11.9 Å². The quantitative estimate of drug-likeness (QED) is 0.651. The third-order valence-electron chi connectivity index (χ3n) is 1.49. The van der Waals surface area contributed by atoms with Crippen LogP contribution in [0, 0.1) is 5.82 Å². The third kappa shape index (κ3) is 2.20. The molecule has 0 saturated carbocycles. The van der Waals surface area contributed by atoms with E-state index in [1.807, 2.05) is 0 Å². The van der Waals surface area contributed by atoms with Crippen LogP contribution >= 0.6 is 12.6 Å². The molecule has 1 atom stereocenters. The summed E-state index contributed by atoms with van der Waals surface area (Å²) in [5.74, 6) is 0.339. The molecule has 0 aromatic heterocycles. The molecular formula is C8H10FNS. The summed E-state index contributed by atoms with van der Waals surface area (Å²) >= 11 is 4.03. The molecule has 1 unspecified atom stereocenters. The van der Waals surface area contributed by atoms with Gasteiger partial charge in [0.05, 0.1) is 0 Å². The Kier molecular flexibility index (Phi) is 2.91. The van der Waals surface area contributed by atoms with Gasteiger partial charge in [-0.15, -0.1) is 0 Å². The number of hydrogen-bond donors (Lipinski definition) is 2. The number of nitrogens with two attached hydrogens (primary N) is 1. The third-order valence-corrected chi connectivity index (χ3v) is 1.89. The Hall–Kier alpha value is -0.540. The molecule has 1 nitrogen and oxygen atoms in total. The summed E-state index contributed by atoms with van der Waals surface area (Å²) in [6, 6.07) is 6.06. The van der Waals surface area contributed by atoms with E-state index >= 15 is 0 Å². The van der Waals surface area contributed by atoms with Crippen LogP contribution in [-0.2, 0) is 0 Å². The topological polar surface area (TPSA) is 26.0 Å². The molecule has 0 bridgehead atoms. The zero-order chi connectivity index (χ0) is 8.27. The van der Waals surface area contributed by atoms with Gasteiger partial charge in [0.1, 0.15) is 5.82 Å². The molecule has 3 heteroatoms. The first-order valence-electron chi connectivity index (χ1n) is 3.36. The fourth-order valence-electron chi connectivity index (χ4n) is 0.815. The highest BCUT2D eigenvalue weighted by Gasteiger charge is 2.01. The molecule has 11 heavy (non-hydrogen) atoms. The summed E-state index contributed by atoms with van der Waals surface area (Å²) in [7, 11) is 0. The number of rotatable bonds is 2. The number of benzene rings is 1. The van der Waals surface area contributed by atoms with Gasteiger partial charge in [0.2, 0.25) is 0 Å². The largest absolute Gasteiger partial charge is 0.323 e. The number of hydrogen-bond acceptors (Lipinski definition) is 2. The Balaban J connectivity index is 2.81. The highest BCUT2D eigenvalue weighted by atomic mass is 32.1. The smallest absolute Gasteiger partial charge is 0.123 e. The summed E-state index contributed by atoms with van der Waals surface area (Å²) in [6.07, 6.45) is 0. The van der Waals surface area contributed by atoms with Gasteiger partial charge in [-0.05, 0) is 17.7 Å². The zero-order valence-corrected chi connectivity index (χ0v) is 6.89. The minimum atomic E-state index is -0.236. The van der Waals surface area contributed by atoms with Crippen LogP contribution in [0.2, 0.25) is 0 Å². The molecule has 0 fully saturated rings. The van der Waals surface area contributed by atoms with Gasteiger partial charge in [0.15, 0.2) is 0 Å². The Morgan fingerprint density at radius 3 is 2.36 bits per heavy atom. The number of thiol groups is 1. The second-order valence-corrected chi connectivity index (χ2v) is 2.71. The maximum Gasteiger partial charge on any atom is 0.123 e. The first-order valence-corrected chi connectivity index (χ1v) is 3.99. The Morgan fingerprint density at radius 1 is 1.36 bits per heavy atom. The summed E-state index contributed by atoms with van der Waals surface area (Å²) in [4.78, 5) is 0. The van der Waals surface area contributed by atoms with Crippen LogP contribution in [0.25, 0.3) is 0 Å². The SMILES string of the molecule is NC(CS)c1ccc(F)cc1. The van der Waals surface area contributed by atoms with Crippen molar-refractivity contribution < 1.29 is 4.39 Å². The Labute approximate surface area is 70.8 Å². The molecule has 0 saturated heterocycles. The van der Waals surface area contributed by atoms with Crippen LogP contribution < -0.4 is 5.73 Å². The van der Waals surface area contributed by atoms with Crippen molar-refractivity contribution in [3.05, 3.63) is 35.6 Å². The van der Waals surface area contributed by atoms with Crippen molar-refractivity contribution in [2.75, 3.05) is 5.75 Å². The number of halogens is 1. The molecule has 2 N–H and O–H groups in total. The van der Waals surface area contributed by atoms with Gasteiger partial charge in [0.25, 0.3) is 0 Å². The lowest BCUT2D eigenvalue weighted by atomic mass is 10.1. The van der Waals surface area contributed by atoms with Gasteiger partial charge < -0.3 is 5.73 Å². The molecule has 1 rings (SSSR count). The summed E-state index contributed by atoms with van der Waals surface area (Å²) in [6.45, 7) is 0. The second-order valence-electron chi connectivity index (χ2n) is 2.34. The minimum absolute atomic E-state index is 0.0982. The van der Waals surface area contributed by atoms with E-state index in [1.54, 1.807) is 12.1 Å². The zero-order valence-electron chi connectivity index (χ0n) is 6.00. The lowest BCUT2D eigenvalue weighted by Crippen LogP contribution is -2.11. The average Bonchev–Trinajstić information content (AvgIpc) is 2.05. The fourth-order valence-corrected chi connectivity index (χ4v) is 1.03. The summed E-state index contributed by atoms with van der Waals surface area (Å²) in [5, 5.41) is 0. The fraction of sp³-hybridized carbons (Fsp3) is 0.250. The van der Waals surface area contributed by atoms with Crippen molar-refractivity contribution in [2.45, 2.75) is 6.04 Å². The van der Waals surface area contributed by atoms with Crippen molar-refractivity contribution in [2.24, 2.45) is 5.73 Å². The van der Waals surface area contributed by atoms with Gasteiger partial charge in [0, 0.05) is 11.8 Å². The van der Waals surface area contributed by atoms with Crippen LogP contribution in [0.3, 0.4) is 0 Å². The van der Waals surface area contributed by atoms with Gasteiger partial charge in [-0.3, -0.25) is 0 Å². The maximum absolute atomic E-state index is 12.4. The first-order chi connectivity index (χ1) is 5.24. The molecule has 0 heterocycles. The van der Waals surface area contributed by atoms with Crippen LogP contribution in [0.4, 0.5) is 4.39 Å². The molecule has 1 aromatic rings. The normalized spacial score (nSPS) is 13.0. The van der Waals surface area contributed by atoms with E-state index in [0.717, 1.165) is 5.56 Å². The predicted molar refractivity (Wildman–Crippen MR) is 47.2 cm³/mol. The van der Waals surface area contributed by atoms with E-state index in [0.29, 0.717) is 5.75 Å². The lowest BCUT2D eigenvalue weighted by molar-refractivity contribution is 0.626. The standard InChI is InChI=1S/C8H10FNS/c9-7-3-1-6(2-4-7)8(10)5-11/h1-4,8,11H,5,10H2.